The summed E-state index contributed by atoms with van der Waals surface area (Å²) in [5.74, 6) is -0.453. The van der Waals surface area contributed by atoms with Crippen molar-refractivity contribution in [2.24, 2.45) is 0 Å². The van der Waals surface area contributed by atoms with E-state index < -0.39 is 35.2 Å². The molecule has 0 heterocycles. The van der Waals surface area contributed by atoms with E-state index in [1.807, 2.05) is 60.7 Å². The minimum Gasteiger partial charge on any atom is -0.469 e. The molecule has 2 rings (SSSR count). The second-order valence-corrected chi connectivity index (χ2v) is 13.5. The number of hydrogen-bond acceptors (Lipinski definition) is 6. The third-order valence-electron chi connectivity index (χ3n) is 4.94. The Balaban J connectivity index is 2.61. The summed E-state index contributed by atoms with van der Waals surface area (Å²) < 4.78 is 28.8. The van der Waals surface area contributed by atoms with Gasteiger partial charge in [-0.3, -0.25) is 4.79 Å². The van der Waals surface area contributed by atoms with Crippen molar-refractivity contribution < 1.29 is 28.2 Å². The minimum atomic E-state index is -2.94. The number of hydrogen-bond donors (Lipinski definition) is 1. The minimum absolute atomic E-state index is 0.0184. The molecule has 0 fully saturated rings. The lowest BCUT2D eigenvalue weighted by Gasteiger charge is -2.44. The Kier molecular flexibility index (Phi) is 8.88. The second-order valence-electron chi connectivity index (χ2n) is 7.96. The van der Waals surface area contributed by atoms with Gasteiger partial charge >= 0.3 is 14.0 Å². The average molecular weight is 450 g/mol. The lowest BCUT2D eigenvalue weighted by molar-refractivity contribution is -0.142. The van der Waals surface area contributed by atoms with Crippen LogP contribution in [0.4, 0.5) is 0 Å². The van der Waals surface area contributed by atoms with E-state index in [1.165, 1.54) is 7.11 Å². The molecule has 2 atom stereocenters. The molecular formula is C22H30O6PSi+. The number of carbonyl (C=O) groups excluding carboxylic acids is 1. The molecule has 1 N–H and O–H groups in total. The van der Waals surface area contributed by atoms with Crippen molar-refractivity contribution in [3.8, 4) is 0 Å². The number of esters is 1. The maximum absolute atomic E-state index is 12.3. The van der Waals surface area contributed by atoms with Gasteiger partial charge in [0.2, 0.25) is 6.16 Å². The molecule has 30 heavy (non-hydrogen) atoms. The summed E-state index contributed by atoms with van der Waals surface area (Å²) in [4.78, 5) is 12.1. The quantitative estimate of drug-likeness (QED) is 0.260. The first-order valence-corrected chi connectivity index (χ1v) is 13.1. The summed E-state index contributed by atoms with van der Waals surface area (Å²) >= 11 is 0. The number of aliphatic hydroxyl groups excluding tert-OH is 1. The van der Waals surface area contributed by atoms with Crippen molar-refractivity contribution in [2.75, 3.05) is 20.1 Å². The van der Waals surface area contributed by atoms with Gasteiger partial charge in [-0.1, -0.05) is 81.4 Å². The lowest BCUT2D eigenvalue weighted by Crippen LogP contribution is -2.68. The van der Waals surface area contributed by atoms with Gasteiger partial charge in [0.15, 0.2) is 6.79 Å². The zero-order valence-corrected chi connectivity index (χ0v) is 19.8. The molecule has 2 unspecified atom stereocenters. The summed E-state index contributed by atoms with van der Waals surface area (Å²) in [5.41, 5.74) is 0. The Morgan fingerprint density at radius 3 is 1.93 bits per heavy atom. The van der Waals surface area contributed by atoms with Crippen LogP contribution >= 0.6 is 8.03 Å². The van der Waals surface area contributed by atoms with Gasteiger partial charge in [-0.25, -0.2) is 0 Å². The molecule has 0 amide bonds. The van der Waals surface area contributed by atoms with E-state index in [-0.39, 0.29) is 17.6 Å². The van der Waals surface area contributed by atoms with Crippen LogP contribution in [0, 0.1) is 0 Å². The molecule has 2 aromatic rings. The van der Waals surface area contributed by atoms with E-state index in [0.29, 0.717) is 0 Å². The largest absolute Gasteiger partial charge is 0.513 e. The Morgan fingerprint density at radius 1 is 1.03 bits per heavy atom. The zero-order chi connectivity index (χ0) is 22.2. The van der Waals surface area contributed by atoms with Gasteiger partial charge in [-0.05, 0) is 20.0 Å². The molecule has 0 aliphatic rings. The smallest absolute Gasteiger partial charge is 0.469 e. The molecule has 0 radical (unpaired) electrons. The maximum Gasteiger partial charge on any atom is 0.513 e. The van der Waals surface area contributed by atoms with Gasteiger partial charge in [0, 0.05) is 0 Å². The van der Waals surface area contributed by atoms with Crippen molar-refractivity contribution in [3.63, 3.8) is 0 Å². The third kappa shape index (κ3) is 5.83. The Labute approximate surface area is 180 Å². The standard InChI is InChI=1S/C22H30O6PSi/c1-22(2,3)30(19-11-7-5-8-12-19,20-13-9-6-10-14-20)28-18(15-21(24)26-4)16-29(25)27-17-23/h5-14,18,23H,15-17H2,1-4H3/q+1. The molecule has 0 aliphatic heterocycles. The van der Waals surface area contributed by atoms with Crippen LogP contribution in [-0.4, -0.2) is 45.6 Å². The highest BCUT2D eigenvalue weighted by molar-refractivity contribution is 7.39. The van der Waals surface area contributed by atoms with E-state index >= 15 is 0 Å². The molecular weight excluding hydrogens is 419 g/mol. The molecule has 0 aliphatic carbocycles. The van der Waals surface area contributed by atoms with Crippen molar-refractivity contribution >= 4 is 32.7 Å². The third-order valence-corrected chi connectivity index (χ3v) is 11.1. The molecule has 0 saturated carbocycles. The van der Waals surface area contributed by atoms with Gasteiger partial charge in [-0.2, -0.15) is 0 Å². The molecule has 0 saturated heterocycles. The fraction of sp³-hybridized carbons (Fsp3) is 0.409. The van der Waals surface area contributed by atoms with Crippen LogP contribution < -0.4 is 10.4 Å². The van der Waals surface area contributed by atoms with Crippen LogP contribution in [0.2, 0.25) is 5.04 Å². The van der Waals surface area contributed by atoms with E-state index in [9.17, 15) is 9.36 Å². The van der Waals surface area contributed by atoms with Crippen LogP contribution in [0.3, 0.4) is 0 Å². The van der Waals surface area contributed by atoms with Crippen molar-refractivity contribution in [3.05, 3.63) is 60.7 Å². The van der Waals surface area contributed by atoms with E-state index in [1.54, 1.807) is 0 Å². The second kappa shape index (κ2) is 10.9. The predicted octanol–water partition coefficient (Wildman–Crippen LogP) is 3.20. The van der Waals surface area contributed by atoms with Crippen molar-refractivity contribution in [1.82, 2.24) is 0 Å². The lowest BCUT2D eigenvalue weighted by atomic mass is 10.2. The topological polar surface area (TPSA) is 82.1 Å². The van der Waals surface area contributed by atoms with Crippen LogP contribution in [-0.2, 0) is 23.0 Å². The Hall–Kier alpha value is -1.89. The number of aliphatic hydroxyl groups is 1. The van der Waals surface area contributed by atoms with Crippen LogP contribution in [0.5, 0.6) is 0 Å². The SMILES string of the molecule is COC(=O)CC(C[P+](=O)OCO)O[Si](c1ccccc1)(c1ccccc1)C(C)(C)C. The van der Waals surface area contributed by atoms with E-state index in [4.69, 9.17) is 18.8 Å². The summed E-state index contributed by atoms with van der Waals surface area (Å²) in [6, 6.07) is 20.0. The molecule has 0 bridgehead atoms. The zero-order valence-electron chi connectivity index (χ0n) is 17.9. The predicted molar refractivity (Wildman–Crippen MR) is 120 cm³/mol. The molecule has 2 aromatic carbocycles. The number of methoxy groups -OCH3 is 1. The molecule has 162 valence electrons. The number of ether oxygens (including phenoxy) is 1. The summed E-state index contributed by atoms with van der Waals surface area (Å²) in [6.07, 6.45) is -0.772. The fourth-order valence-electron chi connectivity index (χ4n) is 3.64. The normalized spacial score (nSPS) is 13.6. The molecule has 0 aromatic heterocycles. The molecule has 8 heteroatoms. The monoisotopic (exact) mass is 449 g/mol. The summed E-state index contributed by atoms with van der Waals surface area (Å²) in [5, 5.41) is 10.8. The highest BCUT2D eigenvalue weighted by atomic mass is 31.1. The van der Waals surface area contributed by atoms with Gasteiger partial charge in [0.05, 0.1) is 13.5 Å². The fourth-order valence-corrected chi connectivity index (χ4v) is 9.23. The van der Waals surface area contributed by atoms with Crippen LogP contribution in [0.1, 0.15) is 27.2 Å². The van der Waals surface area contributed by atoms with Gasteiger partial charge in [-0.15, -0.1) is 4.52 Å². The maximum atomic E-state index is 12.3. The highest BCUT2D eigenvalue weighted by Gasteiger charge is 2.52. The summed E-state index contributed by atoms with van der Waals surface area (Å²) in [7, 11) is -3.82. The van der Waals surface area contributed by atoms with E-state index in [2.05, 4.69) is 20.8 Å². The first kappa shape index (κ1) is 24.4. The van der Waals surface area contributed by atoms with Crippen molar-refractivity contribution in [1.29, 1.82) is 0 Å². The molecule has 6 nitrogen and oxygen atoms in total. The first-order valence-electron chi connectivity index (χ1n) is 9.78. The highest BCUT2D eigenvalue weighted by Crippen LogP contribution is 2.39. The summed E-state index contributed by atoms with van der Waals surface area (Å²) in [6.45, 7) is 5.72. The van der Waals surface area contributed by atoms with Crippen LogP contribution in [0.25, 0.3) is 0 Å². The average Bonchev–Trinajstić information content (AvgIpc) is 2.72. The van der Waals surface area contributed by atoms with Gasteiger partial charge in [0.25, 0.3) is 8.32 Å². The van der Waals surface area contributed by atoms with Gasteiger partial charge in [0.1, 0.15) is 6.10 Å². The Bertz CT molecular complexity index is 783. The number of rotatable bonds is 10. The first-order chi connectivity index (χ1) is 14.2. The van der Waals surface area contributed by atoms with Crippen molar-refractivity contribution in [2.45, 2.75) is 38.3 Å². The Morgan fingerprint density at radius 2 is 1.53 bits per heavy atom. The van der Waals surface area contributed by atoms with Crippen LogP contribution in [0.15, 0.2) is 60.7 Å². The van der Waals surface area contributed by atoms with Gasteiger partial charge < -0.3 is 14.3 Å². The molecule has 0 spiro atoms. The number of carbonyl (C=O) groups is 1. The number of benzene rings is 2. The van der Waals surface area contributed by atoms with E-state index in [0.717, 1.165) is 10.4 Å².